The molecule has 5 heteroatoms. The zero-order valence-corrected chi connectivity index (χ0v) is 8.50. The van der Waals surface area contributed by atoms with Crippen molar-refractivity contribution in [3.8, 4) is 0 Å². The summed E-state index contributed by atoms with van der Waals surface area (Å²) in [7, 11) is 1.93. The molecular weight excluding hydrogens is 184 g/mol. The van der Waals surface area contributed by atoms with E-state index in [1.165, 1.54) is 0 Å². The van der Waals surface area contributed by atoms with Crippen LogP contribution in [0.3, 0.4) is 0 Å². The van der Waals surface area contributed by atoms with Crippen LogP contribution in [0.4, 0.5) is 0 Å². The van der Waals surface area contributed by atoms with Crippen LogP contribution in [-0.4, -0.2) is 32.3 Å². The molecule has 1 aromatic rings. The van der Waals surface area contributed by atoms with E-state index in [-0.39, 0.29) is 0 Å². The predicted octanol–water partition coefficient (Wildman–Crippen LogP) is 0.0479. The minimum atomic E-state index is 0.335. The molecule has 1 saturated heterocycles. The van der Waals surface area contributed by atoms with Gasteiger partial charge in [-0.15, -0.1) is 0 Å². The second-order valence-corrected chi connectivity index (χ2v) is 4.54. The van der Waals surface area contributed by atoms with E-state index < -0.39 is 0 Å². The molecule has 0 bridgehead atoms. The maximum Gasteiger partial charge on any atom is 0.138 e. The summed E-state index contributed by atoms with van der Waals surface area (Å²) < 4.78 is 1.83. The molecule has 2 rings (SSSR count). The molecule has 1 aliphatic heterocycles. The van der Waals surface area contributed by atoms with Crippen LogP contribution in [0.1, 0.15) is 5.82 Å². The Bertz CT molecular complexity index is 285. The van der Waals surface area contributed by atoms with Gasteiger partial charge in [0.2, 0.25) is 0 Å². The standard InChI is InChI=1S/C8H14N4S/c1-12-8(10-5-11-12)2-6-3-13-4-7(6)9/h5-7H,2-4,9H2,1H3. The van der Waals surface area contributed by atoms with Gasteiger partial charge in [-0.3, -0.25) is 4.68 Å². The van der Waals surface area contributed by atoms with Gasteiger partial charge >= 0.3 is 0 Å². The molecule has 4 nitrogen and oxygen atoms in total. The van der Waals surface area contributed by atoms with Gasteiger partial charge in [0.15, 0.2) is 0 Å². The lowest BCUT2D eigenvalue weighted by Crippen LogP contribution is -2.30. The maximum absolute atomic E-state index is 5.97. The smallest absolute Gasteiger partial charge is 0.138 e. The second kappa shape index (κ2) is 3.67. The Kier molecular flexibility index (Phi) is 2.55. The molecule has 2 heterocycles. The highest BCUT2D eigenvalue weighted by atomic mass is 32.2. The molecule has 1 fully saturated rings. The fraction of sp³-hybridized carbons (Fsp3) is 0.750. The van der Waals surface area contributed by atoms with Gasteiger partial charge < -0.3 is 5.73 Å². The number of nitrogens with zero attached hydrogens (tertiary/aromatic N) is 3. The van der Waals surface area contributed by atoms with Crippen LogP contribution >= 0.6 is 11.8 Å². The predicted molar refractivity (Wildman–Crippen MR) is 53.5 cm³/mol. The average Bonchev–Trinajstić information content (AvgIpc) is 2.65. The SMILES string of the molecule is Cn1ncnc1CC1CSCC1N. The van der Waals surface area contributed by atoms with E-state index in [9.17, 15) is 0 Å². The van der Waals surface area contributed by atoms with Crippen molar-refractivity contribution in [2.24, 2.45) is 18.7 Å². The highest BCUT2D eigenvalue weighted by Crippen LogP contribution is 2.25. The second-order valence-electron chi connectivity index (χ2n) is 3.47. The van der Waals surface area contributed by atoms with E-state index in [0.717, 1.165) is 23.8 Å². The summed E-state index contributed by atoms with van der Waals surface area (Å²) in [4.78, 5) is 4.20. The molecule has 2 atom stereocenters. The molecule has 1 aliphatic rings. The molecule has 2 unspecified atom stereocenters. The van der Waals surface area contributed by atoms with E-state index in [0.29, 0.717) is 12.0 Å². The quantitative estimate of drug-likeness (QED) is 0.729. The van der Waals surface area contributed by atoms with E-state index in [1.54, 1.807) is 6.33 Å². The lowest BCUT2D eigenvalue weighted by molar-refractivity contribution is 0.490. The van der Waals surface area contributed by atoms with Crippen molar-refractivity contribution < 1.29 is 0 Å². The number of aromatic nitrogens is 3. The Hall–Kier alpha value is -0.550. The van der Waals surface area contributed by atoms with Crippen LogP contribution in [0.2, 0.25) is 0 Å². The fourth-order valence-electron chi connectivity index (χ4n) is 1.56. The van der Waals surface area contributed by atoms with E-state index in [1.807, 2.05) is 23.5 Å². The Morgan fingerprint density at radius 1 is 1.69 bits per heavy atom. The summed E-state index contributed by atoms with van der Waals surface area (Å²) in [5.74, 6) is 3.87. The molecule has 0 amide bonds. The number of hydrogen-bond acceptors (Lipinski definition) is 4. The van der Waals surface area contributed by atoms with Crippen LogP contribution in [0.5, 0.6) is 0 Å². The summed E-state index contributed by atoms with van der Waals surface area (Å²) in [6.07, 6.45) is 2.56. The Labute approximate surface area is 81.9 Å². The first-order chi connectivity index (χ1) is 6.27. The fourth-order valence-corrected chi connectivity index (χ4v) is 2.91. The third kappa shape index (κ3) is 1.86. The van der Waals surface area contributed by atoms with Gasteiger partial charge in [-0.05, 0) is 11.7 Å². The highest BCUT2D eigenvalue weighted by Gasteiger charge is 2.25. The highest BCUT2D eigenvalue weighted by molar-refractivity contribution is 7.99. The number of hydrogen-bond donors (Lipinski definition) is 1. The van der Waals surface area contributed by atoms with E-state index >= 15 is 0 Å². The summed E-state index contributed by atoms with van der Waals surface area (Å²) in [5.41, 5.74) is 5.97. The van der Waals surface area contributed by atoms with Gasteiger partial charge in [0.1, 0.15) is 12.2 Å². The number of rotatable bonds is 2. The molecular formula is C8H14N4S. The molecule has 0 aliphatic carbocycles. The zero-order valence-electron chi connectivity index (χ0n) is 7.68. The summed E-state index contributed by atoms with van der Waals surface area (Å²) in [5, 5.41) is 4.04. The van der Waals surface area contributed by atoms with Crippen LogP contribution in [-0.2, 0) is 13.5 Å². The van der Waals surface area contributed by atoms with Crippen LogP contribution in [0.15, 0.2) is 6.33 Å². The Balaban J connectivity index is 2.01. The molecule has 0 aromatic carbocycles. The zero-order chi connectivity index (χ0) is 9.26. The first-order valence-electron chi connectivity index (χ1n) is 4.43. The molecule has 1 aromatic heterocycles. The van der Waals surface area contributed by atoms with Crippen LogP contribution < -0.4 is 5.73 Å². The van der Waals surface area contributed by atoms with Crippen molar-refractivity contribution >= 4 is 11.8 Å². The minimum absolute atomic E-state index is 0.335. The lowest BCUT2D eigenvalue weighted by atomic mass is 10.0. The molecule has 13 heavy (non-hydrogen) atoms. The normalized spacial score (nSPS) is 28.2. The molecule has 0 radical (unpaired) electrons. The van der Waals surface area contributed by atoms with Crippen molar-refractivity contribution in [2.45, 2.75) is 12.5 Å². The minimum Gasteiger partial charge on any atom is -0.327 e. The van der Waals surface area contributed by atoms with Crippen molar-refractivity contribution in [1.29, 1.82) is 0 Å². The van der Waals surface area contributed by atoms with Gasteiger partial charge in [-0.1, -0.05) is 0 Å². The van der Waals surface area contributed by atoms with Gasteiger partial charge in [-0.25, -0.2) is 4.98 Å². The van der Waals surface area contributed by atoms with Crippen molar-refractivity contribution in [3.05, 3.63) is 12.2 Å². The number of thioether (sulfide) groups is 1. The molecule has 0 spiro atoms. The van der Waals surface area contributed by atoms with Gasteiger partial charge in [-0.2, -0.15) is 16.9 Å². The third-order valence-electron chi connectivity index (χ3n) is 2.50. The topological polar surface area (TPSA) is 56.7 Å². The third-order valence-corrected chi connectivity index (χ3v) is 3.78. The summed E-state index contributed by atoms with van der Waals surface area (Å²) in [6, 6.07) is 0.335. The van der Waals surface area contributed by atoms with Crippen molar-refractivity contribution in [3.63, 3.8) is 0 Å². The number of nitrogens with two attached hydrogens (primary N) is 1. The van der Waals surface area contributed by atoms with Crippen molar-refractivity contribution in [1.82, 2.24) is 14.8 Å². The van der Waals surface area contributed by atoms with Crippen LogP contribution in [0, 0.1) is 5.92 Å². The van der Waals surface area contributed by atoms with E-state index in [2.05, 4.69) is 10.1 Å². The summed E-state index contributed by atoms with van der Waals surface area (Å²) >= 11 is 1.94. The lowest BCUT2D eigenvalue weighted by Gasteiger charge is -2.12. The van der Waals surface area contributed by atoms with Gasteiger partial charge in [0.25, 0.3) is 0 Å². The molecule has 72 valence electrons. The Morgan fingerprint density at radius 2 is 2.54 bits per heavy atom. The van der Waals surface area contributed by atoms with Crippen molar-refractivity contribution in [2.75, 3.05) is 11.5 Å². The van der Waals surface area contributed by atoms with Crippen LogP contribution in [0.25, 0.3) is 0 Å². The largest absolute Gasteiger partial charge is 0.327 e. The average molecular weight is 198 g/mol. The number of aryl methyl sites for hydroxylation is 1. The first kappa shape index (κ1) is 9.02. The Morgan fingerprint density at radius 3 is 3.08 bits per heavy atom. The first-order valence-corrected chi connectivity index (χ1v) is 5.59. The van der Waals surface area contributed by atoms with Gasteiger partial charge in [0.05, 0.1) is 0 Å². The summed E-state index contributed by atoms with van der Waals surface area (Å²) in [6.45, 7) is 0. The monoisotopic (exact) mass is 198 g/mol. The maximum atomic E-state index is 5.97. The molecule has 0 saturated carbocycles. The molecule has 2 N–H and O–H groups in total. The van der Waals surface area contributed by atoms with E-state index in [4.69, 9.17) is 5.73 Å². The van der Waals surface area contributed by atoms with Gasteiger partial charge in [0, 0.05) is 25.3 Å².